The van der Waals surface area contributed by atoms with Gasteiger partial charge in [-0.25, -0.2) is 17.2 Å². The highest BCUT2D eigenvalue weighted by atomic mass is 32.2. The van der Waals surface area contributed by atoms with Crippen molar-refractivity contribution in [3.05, 3.63) is 131 Å². The van der Waals surface area contributed by atoms with Crippen LogP contribution in [-0.2, 0) is 32.6 Å². The Kier molecular flexibility index (Phi) is 10.8. The molecule has 7 nitrogen and oxygen atoms in total. The number of aryl methyl sites for hydroxylation is 1. The van der Waals surface area contributed by atoms with Crippen LogP contribution in [0, 0.1) is 18.6 Å². The zero-order chi connectivity index (χ0) is 31.7. The second-order valence-corrected chi connectivity index (χ2v) is 12.3. The minimum Gasteiger partial charge on any atom is -0.354 e. The van der Waals surface area contributed by atoms with E-state index in [1.54, 1.807) is 19.1 Å². The maximum atomic E-state index is 15.2. The second-order valence-electron chi connectivity index (χ2n) is 10.4. The van der Waals surface area contributed by atoms with Gasteiger partial charge in [-0.1, -0.05) is 79.2 Å². The fourth-order valence-electron chi connectivity index (χ4n) is 4.71. The summed E-state index contributed by atoms with van der Waals surface area (Å²) in [6.07, 6.45) is 0.791. The molecule has 0 bridgehead atoms. The van der Waals surface area contributed by atoms with Gasteiger partial charge in [-0.3, -0.25) is 13.9 Å². The largest absolute Gasteiger partial charge is 0.354 e. The number of nitrogens with zero attached hydrogens (tertiary/aromatic N) is 2. The Balaban J connectivity index is 1.80. The first-order valence-electron chi connectivity index (χ1n) is 14.3. The van der Waals surface area contributed by atoms with E-state index in [1.807, 2.05) is 37.3 Å². The Bertz CT molecular complexity index is 1670. The van der Waals surface area contributed by atoms with Gasteiger partial charge in [0.1, 0.15) is 24.2 Å². The molecule has 0 radical (unpaired) electrons. The molecule has 2 amide bonds. The minimum absolute atomic E-state index is 0.119. The predicted octanol–water partition coefficient (Wildman–Crippen LogP) is 5.63. The summed E-state index contributed by atoms with van der Waals surface area (Å²) < 4.78 is 57.6. The molecule has 1 atom stereocenters. The lowest BCUT2D eigenvalue weighted by Crippen LogP contribution is -2.53. The number of amides is 2. The molecule has 4 aromatic rings. The average Bonchev–Trinajstić information content (AvgIpc) is 3.02. The maximum Gasteiger partial charge on any atom is 0.264 e. The number of para-hydroxylation sites is 1. The number of hydrogen-bond donors (Lipinski definition) is 1. The Morgan fingerprint density at radius 1 is 0.818 bits per heavy atom. The Hall–Kier alpha value is -4.57. The summed E-state index contributed by atoms with van der Waals surface area (Å²) >= 11 is 0. The average molecular weight is 620 g/mol. The summed E-state index contributed by atoms with van der Waals surface area (Å²) in [5.74, 6) is -2.46. The zero-order valence-corrected chi connectivity index (χ0v) is 25.4. The van der Waals surface area contributed by atoms with Crippen molar-refractivity contribution in [2.75, 3.05) is 17.4 Å². The molecule has 44 heavy (non-hydrogen) atoms. The van der Waals surface area contributed by atoms with Crippen LogP contribution in [0.15, 0.2) is 108 Å². The summed E-state index contributed by atoms with van der Waals surface area (Å²) in [7, 11) is -4.42. The van der Waals surface area contributed by atoms with Gasteiger partial charge >= 0.3 is 0 Å². The van der Waals surface area contributed by atoms with E-state index >= 15 is 4.39 Å². The van der Waals surface area contributed by atoms with E-state index in [-0.39, 0.29) is 23.5 Å². The molecule has 0 aliphatic rings. The van der Waals surface area contributed by atoms with Crippen LogP contribution in [0.1, 0.15) is 30.0 Å². The van der Waals surface area contributed by atoms with Crippen molar-refractivity contribution in [1.82, 2.24) is 10.2 Å². The molecule has 10 heteroatoms. The van der Waals surface area contributed by atoms with Gasteiger partial charge in [-0.05, 0) is 60.9 Å². The second kappa shape index (κ2) is 14.7. The number of anilines is 1. The number of benzene rings is 4. The van der Waals surface area contributed by atoms with E-state index in [1.165, 1.54) is 59.5 Å². The van der Waals surface area contributed by atoms with Crippen molar-refractivity contribution in [2.24, 2.45) is 0 Å². The van der Waals surface area contributed by atoms with Gasteiger partial charge < -0.3 is 10.2 Å². The van der Waals surface area contributed by atoms with Crippen LogP contribution in [0.2, 0.25) is 0 Å². The van der Waals surface area contributed by atoms with Crippen molar-refractivity contribution in [3.8, 4) is 0 Å². The normalized spacial score (nSPS) is 11.9. The van der Waals surface area contributed by atoms with Crippen molar-refractivity contribution >= 4 is 27.5 Å². The zero-order valence-electron chi connectivity index (χ0n) is 24.6. The van der Waals surface area contributed by atoms with Crippen molar-refractivity contribution < 1.29 is 26.8 Å². The lowest BCUT2D eigenvalue weighted by molar-refractivity contribution is -0.140. The highest BCUT2D eigenvalue weighted by Gasteiger charge is 2.35. The monoisotopic (exact) mass is 619 g/mol. The predicted molar refractivity (Wildman–Crippen MR) is 166 cm³/mol. The Morgan fingerprint density at radius 3 is 2.09 bits per heavy atom. The molecular weight excluding hydrogens is 584 g/mol. The number of sulfonamides is 1. The first-order valence-corrected chi connectivity index (χ1v) is 15.7. The number of carbonyl (C=O) groups excluding carboxylic acids is 2. The molecule has 1 unspecified atom stereocenters. The molecule has 0 fully saturated rings. The number of halogens is 2. The molecule has 0 spiro atoms. The van der Waals surface area contributed by atoms with Crippen LogP contribution in [-0.4, -0.2) is 44.3 Å². The molecule has 0 heterocycles. The number of carbonyl (C=O) groups is 2. The fraction of sp³-hybridized carbons (Fsp3) is 0.235. The summed E-state index contributed by atoms with van der Waals surface area (Å²) in [4.78, 5) is 29.1. The highest BCUT2D eigenvalue weighted by molar-refractivity contribution is 7.92. The van der Waals surface area contributed by atoms with Crippen LogP contribution in [0.3, 0.4) is 0 Å². The fourth-order valence-corrected chi connectivity index (χ4v) is 6.13. The molecule has 0 aliphatic carbocycles. The van der Waals surface area contributed by atoms with Gasteiger partial charge in [0.25, 0.3) is 10.0 Å². The lowest BCUT2D eigenvalue weighted by atomic mass is 10.0. The number of rotatable bonds is 13. The van der Waals surface area contributed by atoms with E-state index in [2.05, 4.69) is 5.32 Å². The Morgan fingerprint density at radius 2 is 1.45 bits per heavy atom. The van der Waals surface area contributed by atoms with Gasteiger partial charge in [0.05, 0.1) is 10.6 Å². The van der Waals surface area contributed by atoms with Gasteiger partial charge in [0, 0.05) is 19.5 Å². The summed E-state index contributed by atoms with van der Waals surface area (Å²) in [6, 6.07) is 24.9. The molecule has 0 aliphatic heterocycles. The summed E-state index contributed by atoms with van der Waals surface area (Å²) in [6.45, 7) is 3.16. The van der Waals surface area contributed by atoms with E-state index in [9.17, 15) is 22.4 Å². The van der Waals surface area contributed by atoms with Gasteiger partial charge in [0.15, 0.2) is 0 Å². The minimum atomic E-state index is -4.42. The SMILES string of the molecule is CCCNC(=O)C(Cc1ccccc1)N(Cc1ccc(F)cc1)C(=O)CN(c1ccccc1F)S(=O)(=O)c1ccc(C)cc1. The first-order chi connectivity index (χ1) is 21.1. The van der Waals surface area contributed by atoms with Crippen molar-refractivity contribution in [2.45, 2.75) is 44.2 Å². The molecule has 0 saturated carbocycles. The van der Waals surface area contributed by atoms with Crippen molar-refractivity contribution in [3.63, 3.8) is 0 Å². The first kappa shape index (κ1) is 32.3. The van der Waals surface area contributed by atoms with Crippen LogP contribution in [0.5, 0.6) is 0 Å². The van der Waals surface area contributed by atoms with E-state index in [0.29, 0.717) is 18.5 Å². The standard InChI is InChI=1S/C34H35F2N3O4S/c1-3-21-37-34(41)32(22-26-9-5-4-6-10-26)38(23-27-15-17-28(35)18-16-27)33(40)24-39(31-12-8-7-11-30(31)36)44(42,43)29-19-13-25(2)14-20-29/h4-20,32H,3,21-24H2,1-2H3,(H,37,41). The molecule has 0 saturated heterocycles. The molecule has 4 aromatic carbocycles. The third kappa shape index (κ3) is 8.08. The third-order valence-corrected chi connectivity index (χ3v) is 8.87. The van der Waals surface area contributed by atoms with Crippen LogP contribution in [0.25, 0.3) is 0 Å². The summed E-state index contributed by atoms with van der Waals surface area (Å²) in [5.41, 5.74) is 1.82. The highest BCUT2D eigenvalue weighted by Crippen LogP contribution is 2.27. The summed E-state index contributed by atoms with van der Waals surface area (Å²) in [5, 5.41) is 2.85. The van der Waals surface area contributed by atoms with Gasteiger partial charge in [-0.2, -0.15) is 0 Å². The smallest absolute Gasteiger partial charge is 0.264 e. The Labute approximate surface area is 257 Å². The van der Waals surface area contributed by atoms with Crippen LogP contribution >= 0.6 is 0 Å². The van der Waals surface area contributed by atoms with E-state index < -0.39 is 46.1 Å². The third-order valence-electron chi connectivity index (χ3n) is 7.10. The molecular formula is C34H35F2N3O4S. The number of nitrogens with one attached hydrogen (secondary N) is 1. The van der Waals surface area contributed by atoms with Crippen molar-refractivity contribution in [1.29, 1.82) is 0 Å². The van der Waals surface area contributed by atoms with Crippen LogP contribution in [0.4, 0.5) is 14.5 Å². The van der Waals surface area contributed by atoms with Crippen LogP contribution < -0.4 is 9.62 Å². The molecule has 0 aromatic heterocycles. The van der Waals surface area contributed by atoms with E-state index in [4.69, 9.17) is 0 Å². The quantitative estimate of drug-likeness (QED) is 0.210. The van der Waals surface area contributed by atoms with Gasteiger partial charge in [-0.15, -0.1) is 0 Å². The van der Waals surface area contributed by atoms with Gasteiger partial charge in [0.2, 0.25) is 11.8 Å². The molecule has 1 N–H and O–H groups in total. The number of hydrogen-bond acceptors (Lipinski definition) is 4. The van der Waals surface area contributed by atoms with E-state index in [0.717, 1.165) is 21.5 Å². The lowest BCUT2D eigenvalue weighted by Gasteiger charge is -2.34. The topological polar surface area (TPSA) is 86.8 Å². The molecule has 230 valence electrons. The maximum absolute atomic E-state index is 15.2. The molecule has 4 rings (SSSR count).